The van der Waals surface area contributed by atoms with Crippen molar-refractivity contribution in [1.82, 2.24) is 15.1 Å². The van der Waals surface area contributed by atoms with Gasteiger partial charge < -0.3 is 5.32 Å². The van der Waals surface area contributed by atoms with E-state index in [1.54, 1.807) is 11.3 Å². The molecule has 3 aromatic rings. The fourth-order valence-corrected chi connectivity index (χ4v) is 3.35. The van der Waals surface area contributed by atoms with Crippen LogP contribution in [0.2, 0.25) is 0 Å². The van der Waals surface area contributed by atoms with E-state index < -0.39 is 0 Å². The molecule has 2 aromatic heterocycles. The minimum atomic E-state index is 0.716. The molecular weight excluding hydrogens is 290 g/mol. The zero-order valence-corrected chi connectivity index (χ0v) is 13.2. The van der Waals surface area contributed by atoms with Crippen LogP contribution in [0.5, 0.6) is 0 Å². The Labute approximate surface area is 134 Å². The number of rotatable bonds is 6. The molecule has 2 heterocycles. The zero-order chi connectivity index (χ0) is 14.8. The van der Waals surface area contributed by atoms with Gasteiger partial charge in [-0.2, -0.15) is 5.10 Å². The van der Waals surface area contributed by atoms with Crippen molar-refractivity contribution in [1.29, 1.82) is 0 Å². The molecule has 0 atom stereocenters. The largest absolute Gasteiger partial charge is 0.310 e. The van der Waals surface area contributed by atoms with Gasteiger partial charge in [-0.3, -0.25) is 4.68 Å². The van der Waals surface area contributed by atoms with Crippen molar-refractivity contribution in [2.24, 2.45) is 0 Å². The summed E-state index contributed by atoms with van der Waals surface area (Å²) in [7, 11) is 0. The molecule has 1 saturated carbocycles. The lowest BCUT2D eigenvalue weighted by molar-refractivity contribution is 0.675. The van der Waals surface area contributed by atoms with Crippen LogP contribution in [0.4, 0.5) is 0 Å². The Balaban J connectivity index is 1.60. The van der Waals surface area contributed by atoms with Crippen LogP contribution in [0.1, 0.15) is 24.0 Å². The van der Waals surface area contributed by atoms with Crippen molar-refractivity contribution >= 4 is 11.3 Å². The molecule has 0 amide bonds. The van der Waals surface area contributed by atoms with Gasteiger partial charge in [-0.15, -0.1) is 11.3 Å². The summed E-state index contributed by atoms with van der Waals surface area (Å²) in [5, 5.41) is 10.6. The Morgan fingerprint density at radius 1 is 1.14 bits per heavy atom. The quantitative estimate of drug-likeness (QED) is 0.748. The second-order valence-electron chi connectivity index (χ2n) is 5.82. The lowest BCUT2D eigenvalue weighted by atomic mass is 10.2. The molecule has 4 heteroatoms. The highest BCUT2D eigenvalue weighted by Crippen LogP contribution is 2.28. The first kappa shape index (κ1) is 13.7. The molecular formula is C18H19N3S. The molecule has 0 bridgehead atoms. The molecule has 1 aliphatic rings. The maximum Gasteiger partial charge on any atom is 0.107 e. The molecule has 112 valence electrons. The normalized spacial score (nSPS) is 14.4. The topological polar surface area (TPSA) is 29.9 Å². The molecule has 1 aromatic carbocycles. The standard InChI is InChI=1S/C18H19N3S/c1-2-5-14(6-3-1)12-21-13-15(11-19-16-8-9-16)18(20-21)17-7-4-10-22-17/h1-7,10,13,16,19H,8-9,11-12H2. The number of hydrogen-bond donors (Lipinski definition) is 1. The van der Waals surface area contributed by atoms with Crippen LogP contribution < -0.4 is 5.32 Å². The number of nitrogens with zero attached hydrogens (tertiary/aromatic N) is 2. The smallest absolute Gasteiger partial charge is 0.107 e. The van der Waals surface area contributed by atoms with Crippen LogP contribution >= 0.6 is 11.3 Å². The highest BCUT2D eigenvalue weighted by molar-refractivity contribution is 7.13. The molecule has 3 nitrogen and oxygen atoms in total. The van der Waals surface area contributed by atoms with Gasteiger partial charge in [0, 0.05) is 24.3 Å². The van der Waals surface area contributed by atoms with Gasteiger partial charge in [0.05, 0.1) is 11.4 Å². The molecule has 1 aliphatic carbocycles. The molecule has 0 unspecified atom stereocenters. The first-order valence-corrected chi connectivity index (χ1v) is 8.64. The Morgan fingerprint density at radius 3 is 2.73 bits per heavy atom. The van der Waals surface area contributed by atoms with Crippen LogP contribution in [-0.4, -0.2) is 15.8 Å². The lowest BCUT2D eigenvalue weighted by Gasteiger charge is -2.01. The van der Waals surface area contributed by atoms with Crippen molar-refractivity contribution in [2.45, 2.75) is 32.0 Å². The van der Waals surface area contributed by atoms with E-state index in [1.807, 2.05) is 0 Å². The van der Waals surface area contributed by atoms with Crippen molar-refractivity contribution in [3.05, 3.63) is 65.2 Å². The van der Waals surface area contributed by atoms with Crippen LogP contribution in [0.3, 0.4) is 0 Å². The van der Waals surface area contributed by atoms with Gasteiger partial charge in [-0.05, 0) is 29.9 Å². The third-order valence-corrected chi connectivity index (χ3v) is 4.81. The highest BCUT2D eigenvalue weighted by Gasteiger charge is 2.21. The second kappa shape index (κ2) is 6.07. The Hall–Kier alpha value is -1.91. The zero-order valence-electron chi connectivity index (χ0n) is 12.4. The number of aromatic nitrogens is 2. The molecule has 22 heavy (non-hydrogen) atoms. The maximum atomic E-state index is 4.83. The third-order valence-electron chi connectivity index (χ3n) is 3.94. The number of hydrogen-bond acceptors (Lipinski definition) is 3. The summed E-state index contributed by atoms with van der Waals surface area (Å²) in [4.78, 5) is 1.25. The van der Waals surface area contributed by atoms with Gasteiger partial charge in [0.15, 0.2) is 0 Å². The predicted octanol–water partition coefficient (Wildman–Crippen LogP) is 3.91. The van der Waals surface area contributed by atoms with Gasteiger partial charge in [-0.25, -0.2) is 0 Å². The lowest BCUT2D eigenvalue weighted by Crippen LogP contribution is -2.15. The van der Waals surface area contributed by atoms with E-state index in [-0.39, 0.29) is 0 Å². The maximum absolute atomic E-state index is 4.83. The predicted molar refractivity (Wildman–Crippen MR) is 90.9 cm³/mol. The van der Waals surface area contributed by atoms with Gasteiger partial charge in [0.2, 0.25) is 0 Å². The van der Waals surface area contributed by atoms with E-state index >= 15 is 0 Å². The van der Waals surface area contributed by atoms with Crippen LogP contribution in [0, 0.1) is 0 Å². The first-order valence-electron chi connectivity index (χ1n) is 7.76. The second-order valence-corrected chi connectivity index (χ2v) is 6.77. The summed E-state index contributed by atoms with van der Waals surface area (Å²) in [5.41, 5.74) is 3.70. The van der Waals surface area contributed by atoms with Gasteiger partial charge >= 0.3 is 0 Å². The van der Waals surface area contributed by atoms with Crippen LogP contribution in [0.15, 0.2) is 54.0 Å². The van der Waals surface area contributed by atoms with Crippen molar-refractivity contribution < 1.29 is 0 Å². The minimum absolute atomic E-state index is 0.716. The number of nitrogens with one attached hydrogen (secondary N) is 1. The van der Waals surface area contributed by atoms with Crippen molar-refractivity contribution in [3.8, 4) is 10.6 Å². The summed E-state index contributed by atoms with van der Waals surface area (Å²) in [6.45, 7) is 1.73. The van der Waals surface area contributed by atoms with E-state index in [4.69, 9.17) is 5.10 Å². The number of benzene rings is 1. The third kappa shape index (κ3) is 3.13. The Kier molecular flexibility index (Phi) is 3.79. The molecule has 4 rings (SSSR count). The Bertz CT molecular complexity index is 727. The van der Waals surface area contributed by atoms with Crippen molar-refractivity contribution in [3.63, 3.8) is 0 Å². The fourth-order valence-electron chi connectivity index (χ4n) is 2.61. The molecule has 1 N–H and O–H groups in total. The van der Waals surface area contributed by atoms with E-state index in [2.05, 4.69) is 64.0 Å². The highest BCUT2D eigenvalue weighted by atomic mass is 32.1. The summed E-state index contributed by atoms with van der Waals surface area (Å²) in [6.07, 6.45) is 4.82. The van der Waals surface area contributed by atoms with Crippen molar-refractivity contribution in [2.75, 3.05) is 0 Å². The number of thiophene rings is 1. The average Bonchev–Trinajstić information content (AvgIpc) is 3.06. The van der Waals surface area contributed by atoms with Crippen LogP contribution in [-0.2, 0) is 13.1 Å². The van der Waals surface area contributed by atoms with Gasteiger partial charge in [-0.1, -0.05) is 36.4 Å². The van der Waals surface area contributed by atoms with E-state index in [9.17, 15) is 0 Å². The SMILES string of the molecule is c1ccc(Cn2cc(CNC3CC3)c(-c3cccs3)n2)cc1. The monoisotopic (exact) mass is 309 g/mol. The van der Waals surface area contributed by atoms with Gasteiger partial charge in [0.25, 0.3) is 0 Å². The molecule has 0 aliphatic heterocycles. The summed E-state index contributed by atoms with van der Waals surface area (Å²) < 4.78 is 2.06. The van der Waals surface area contributed by atoms with E-state index in [0.29, 0.717) is 6.04 Å². The van der Waals surface area contributed by atoms with E-state index in [1.165, 1.54) is 28.8 Å². The molecule has 0 saturated heterocycles. The van der Waals surface area contributed by atoms with Crippen LogP contribution in [0.25, 0.3) is 10.6 Å². The van der Waals surface area contributed by atoms with E-state index in [0.717, 1.165) is 18.8 Å². The average molecular weight is 309 g/mol. The fraction of sp³-hybridized carbons (Fsp3) is 0.278. The summed E-state index contributed by atoms with van der Waals surface area (Å²) in [5.74, 6) is 0. The Morgan fingerprint density at radius 2 is 2.00 bits per heavy atom. The molecule has 0 radical (unpaired) electrons. The minimum Gasteiger partial charge on any atom is -0.310 e. The molecule has 1 fully saturated rings. The molecule has 0 spiro atoms. The van der Waals surface area contributed by atoms with Gasteiger partial charge in [0.1, 0.15) is 5.69 Å². The summed E-state index contributed by atoms with van der Waals surface area (Å²) in [6, 6.07) is 15.5. The summed E-state index contributed by atoms with van der Waals surface area (Å²) >= 11 is 1.76. The first-order chi connectivity index (χ1) is 10.9.